The second-order valence-corrected chi connectivity index (χ2v) is 3.42. The molecule has 0 saturated carbocycles. The SMILES string of the molecule is COC(=O)CCc1ccc(C(F)(F)F)cc1O. The molecular weight excluding hydrogens is 237 g/mol. The Morgan fingerprint density at radius 1 is 1.41 bits per heavy atom. The molecule has 0 unspecified atom stereocenters. The van der Waals surface area contributed by atoms with Crippen molar-refractivity contribution in [2.75, 3.05) is 7.11 Å². The first kappa shape index (κ1) is 13.3. The van der Waals surface area contributed by atoms with Gasteiger partial charge in [-0.3, -0.25) is 4.79 Å². The highest BCUT2D eigenvalue weighted by Crippen LogP contribution is 2.32. The Labute approximate surface area is 95.8 Å². The maximum absolute atomic E-state index is 12.3. The van der Waals surface area contributed by atoms with Crippen LogP contribution < -0.4 is 0 Å². The van der Waals surface area contributed by atoms with E-state index in [2.05, 4.69) is 4.74 Å². The van der Waals surface area contributed by atoms with Gasteiger partial charge in [0.1, 0.15) is 5.75 Å². The quantitative estimate of drug-likeness (QED) is 0.836. The summed E-state index contributed by atoms with van der Waals surface area (Å²) in [6, 6.07) is 2.67. The van der Waals surface area contributed by atoms with Gasteiger partial charge in [0.15, 0.2) is 0 Å². The molecule has 94 valence electrons. The first-order chi connectivity index (χ1) is 7.84. The van der Waals surface area contributed by atoms with Gasteiger partial charge in [0.25, 0.3) is 0 Å². The summed E-state index contributed by atoms with van der Waals surface area (Å²) in [7, 11) is 1.22. The van der Waals surface area contributed by atoms with Crippen LogP contribution >= 0.6 is 0 Å². The van der Waals surface area contributed by atoms with Crippen molar-refractivity contribution in [3.8, 4) is 5.75 Å². The molecule has 0 atom stereocenters. The van der Waals surface area contributed by atoms with Crippen molar-refractivity contribution in [2.24, 2.45) is 0 Å². The first-order valence-corrected chi connectivity index (χ1v) is 4.80. The zero-order valence-corrected chi connectivity index (χ0v) is 9.04. The summed E-state index contributed by atoms with van der Waals surface area (Å²) in [5.74, 6) is -0.951. The van der Waals surface area contributed by atoms with Gasteiger partial charge < -0.3 is 9.84 Å². The molecule has 0 aliphatic carbocycles. The number of phenolic OH excluding ortho intramolecular Hbond substituents is 1. The lowest BCUT2D eigenvalue weighted by Gasteiger charge is -2.09. The largest absolute Gasteiger partial charge is 0.508 e. The highest BCUT2D eigenvalue weighted by atomic mass is 19.4. The minimum atomic E-state index is -4.49. The Morgan fingerprint density at radius 3 is 2.53 bits per heavy atom. The van der Waals surface area contributed by atoms with Gasteiger partial charge in [-0.25, -0.2) is 0 Å². The maximum Gasteiger partial charge on any atom is 0.416 e. The topological polar surface area (TPSA) is 46.5 Å². The van der Waals surface area contributed by atoms with E-state index in [4.69, 9.17) is 0 Å². The molecule has 0 aromatic heterocycles. The average molecular weight is 248 g/mol. The van der Waals surface area contributed by atoms with Crippen LogP contribution in [0, 0.1) is 0 Å². The minimum Gasteiger partial charge on any atom is -0.508 e. The molecule has 1 rings (SSSR count). The lowest BCUT2D eigenvalue weighted by Crippen LogP contribution is -2.06. The Balaban J connectivity index is 2.80. The van der Waals surface area contributed by atoms with Crippen LogP contribution in [0.25, 0.3) is 0 Å². The third-order valence-electron chi connectivity index (χ3n) is 2.24. The van der Waals surface area contributed by atoms with E-state index in [0.717, 1.165) is 12.1 Å². The number of benzene rings is 1. The number of carbonyl (C=O) groups is 1. The molecular formula is C11H11F3O3. The number of hydrogen-bond acceptors (Lipinski definition) is 3. The number of methoxy groups -OCH3 is 1. The number of aryl methyl sites for hydroxylation is 1. The normalized spacial score (nSPS) is 11.3. The number of halogens is 3. The van der Waals surface area contributed by atoms with Crippen molar-refractivity contribution in [3.05, 3.63) is 29.3 Å². The Hall–Kier alpha value is -1.72. The average Bonchev–Trinajstić information content (AvgIpc) is 2.25. The van der Waals surface area contributed by atoms with Crippen LogP contribution in [-0.4, -0.2) is 18.2 Å². The summed E-state index contributed by atoms with van der Waals surface area (Å²) in [4.78, 5) is 10.8. The monoisotopic (exact) mass is 248 g/mol. The highest BCUT2D eigenvalue weighted by molar-refractivity contribution is 5.69. The predicted octanol–water partition coefficient (Wildman–Crippen LogP) is 2.52. The number of carbonyl (C=O) groups excluding carboxylic acids is 1. The zero-order valence-electron chi connectivity index (χ0n) is 9.04. The number of alkyl halides is 3. The molecule has 1 aromatic rings. The predicted molar refractivity (Wildman–Crippen MR) is 53.4 cm³/mol. The number of rotatable bonds is 3. The summed E-state index contributed by atoms with van der Waals surface area (Å²) < 4.78 is 41.2. The molecule has 1 N–H and O–H groups in total. The van der Waals surface area contributed by atoms with Crippen LogP contribution in [0.3, 0.4) is 0 Å². The van der Waals surface area contributed by atoms with Crippen LogP contribution in [0.1, 0.15) is 17.5 Å². The van der Waals surface area contributed by atoms with Gasteiger partial charge in [0.2, 0.25) is 0 Å². The number of esters is 1. The van der Waals surface area contributed by atoms with Gasteiger partial charge in [0.05, 0.1) is 12.7 Å². The molecule has 0 fully saturated rings. The smallest absolute Gasteiger partial charge is 0.416 e. The van der Waals surface area contributed by atoms with Crippen LogP contribution in [0.5, 0.6) is 5.75 Å². The fourth-order valence-corrected chi connectivity index (χ4v) is 1.29. The number of aromatic hydroxyl groups is 1. The first-order valence-electron chi connectivity index (χ1n) is 4.80. The Bertz CT molecular complexity index is 413. The van der Waals surface area contributed by atoms with Crippen LogP contribution in [0.15, 0.2) is 18.2 Å². The molecule has 0 aliphatic rings. The summed E-state index contributed by atoms with van der Waals surface area (Å²) in [5.41, 5.74) is -0.639. The number of ether oxygens (including phenoxy) is 1. The van der Waals surface area contributed by atoms with Crippen molar-refractivity contribution in [3.63, 3.8) is 0 Å². The van der Waals surface area contributed by atoms with Gasteiger partial charge in [-0.05, 0) is 24.1 Å². The van der Waals surface area contributed by atoms with E-state index in [1.54, 1.807) is 0 Å². The van der Waals surface area contributed by atoms with Gasteiger partial charge in [0, 0.05) is 6.42 Å². The Kier molecular flexibility index (Phi) is 3.98. The standard InChI is InChI=1S/C11H11F3O3/c1-17-10(16)5-3-7-2-4-8(6-9(7)15)11(12,13)14/h2,4,6,15H,3,5H2,1H3. The van der Waals surface area contributed by atoms with Crippen molar-refractivity contribution in [1.29, 1.82) is 0 Å². The van der Waals surface area contributed by atoms with Crippen molar-refractivity contribution in [2.45, 2.75) is 19.0 Å². The fraction of sp³-hybridized carbons (Fsp3) is 0.364. The van der Waals surface area contributed by atoms with Crippen molar-refractivity contribution in [1.82, 2.24) is 0 Å². The summed E-state index contributed by atoms with van der Waals surface area (Å²) in [5, 5.41) is 9.39. The second-order valence-electron chi connectivity index (χ2n) is 3.42. The van der Waals surface area contributed by atoms with Gasteiger partial charge >= 0.3 is 12.1 Å². The second kappa shape index (κ2) is 5.07. The molecule has 0 bridgehead atoms. The molecule has 0 saturated heterocycles. The van der Waals surface area contributed by atoms with Crippen LogP contribution in [0.4, 0.5) is 13.2 Å². The van der Waals surface area contributed by atoms with Gasteiger partial charge in [-0.15, -0.1) is 0 Å². The Morgan fingerprint density at radius 2 is 2.06 bits per heavy atom. The van der Waals surface area contributed by atoms with E-state index in [1.807, 2.05) is 0 Å². The molecule has 0 spiro atoms. The van der Waals surface area contributed by atoms with Gasteiger partial charge in [-0.2, -0.15) is 13.2 Å². The van der Waals surface area contributed by atoms with Crippen LogP contribution in [0.2, 0.25) is 0 Å². The summed E-state index contributed by atoms with van der Waals surface area (Å²) in [6.07, 6.45) is -4.34. The fourth-order valence-electron chi connectivity index (χ4n) is 1.29. The highest BCUT2D eigenvalue weighted by Gasteiger charge is 2.31. The lowest BCUT2D eigenvalue weighted by molar-refractivity contribution is -0.140. The van der Waals surface area contributed by atoms with E-state index in [-0.39, 0.29) is 18.4 Å². The molecule has 0 heterocycles. The van der Waals surface area contributed by atoms with Crippen molar-refractivity contribution >= 4 is 5.97 Å². The van der Waals surface area contributed by atoms with E-state index < -0.39 is 23.5 Å². The zero-order chi connectivity index (χ0) is 13.1. The maximum atomic E-state index is 12.3. The molecule has 3 nitrogen and oxygen atoms in total. The third kappa shape index (κ3) is 3.65. The number of hydrogen-bond donors (Lipinski definition) is 1. The summed E-state index contributed by atoms with van der Waals surface area (Å²) in [6.45, 7) is 0. The molecule has 0 radical (unpaired) electrons. The minimum absolute atomic E-state index is 0.00935. The summed E-state index contributed by atoms with van der Waals surface area (Å²) >= 11 is 0. The van der Waals surface area contributed by atoms with E-state index >= 15 is 0 Å². The molecule has 17 heavy (non-hydrogen) atoms. The molecule has 0 amide bonds. The number of phenols is 1. The van der Waals surface area contributed by atoms with Gasteiger partial charge in [-0.1, -0.05) is 6.07 Å². The molecule has 1 aromatic carbocycles. The lowest BCUT2D eigenvalue weighted by atomic mass is 10.1. The third-order valence-corrected chi connectivity index (χ3v) is 2.24. The van der Waals surface area contributed by atoms with E-state index in [0.29, 0.717) is 6.07 Å². The van der Waals surface area contributed by atoms with E-state index in [1.165, 1.54) is 7.11 Å². The molecule has 6 heteroatoms. The van der Waals surface area contributed by atoms with Crippen LogP contribution in [-0.2, 0) is 22.1 Å². The van der Waals surface area contributed by atoms with E-state index in [9.17, 15) is 23.1 Å². The molecule has 0 aliphatic heterocycles. The van der Waals surface area contributed by atoms with Crippen molar-refractivity contribution < 1.29 is 27.8 Å².